The molecule has 0 bridgehead atoms. The van der Waals surface area contributed by atoms with E-state index in [4.69, 9.17) is 16.2 Å². The first-order valence-corrected chi connectivity index (χ1v) is 6.13. The van der Waals surface area contributed by atoms with Gasteiger partial charge in [0.25, 0.3) is 0 Å². The highest BCUT2D eigenvalue weighted by Gasteiger charge is 2.16. The molecule has 0 fully saturated rings. The number of carboxylic acids is 1. The van der Waals surface area contributed by atoms with Gasteiger partial charge in [-0.15, -0.1) is 0 Å². The third-order valence-corrected chi connectivity index (χ3v) is 2.24. The average molecular weight is 258 g/mol. The van der Waals surface area contributed by atoms with Crippen LogP contribution in [0.15, 0.2) is 18.2 Å². The van der Waals surface area contributed by atoms with Crippen molar-refractivity contribution in [2.75, 3.05) is 6.26 Å². The normalized spacial score (nSPS) is 10.9. The molecule has 1 aromatic carbocycles. The van der Waals surface area contributed by atoms with Crippen molar-refractivity contribution >= 4 is 21.9 Å². The summed E-state index contributed by atoms with van der Waals surface area (Å²) in [7, 11) is -3.81. The molecule has 0 amide bonds. The van der Waals surface area contributed by atoms with Crippen LogP contribution in [0, 0.1) is 5.41 Å². The average Bonchev–Trinajstić information content (AvgIpc) is 2.14. The third kappa shape index (κ3) is 3.45. The Morgan fingerprint density at radius 2 is 2.06 bits per heavy atom. The number of nitrogens with two attached hydrogens (primary N) is 1. The minimum Gasteiger partial charge on any atom is -0.478 e. The van der Waals surface area contributed by atoms with E-state index in [9.17, 15) is 13.2 Å². The van der Waals surface area contributed by atoms with Gasteiger partial charge in [0.2, 0.25) is 0 Å². The fraction of sp³-hybridized carbons (Fsp3) is 0.111. The van der Waals surface area contributed by atoms with Crippen molar-refractivity contribution in [1.82, 2.24) is 0 Å². The summed E-state index contributed by atoms with van der Waals surface area (Å²) in [5, 5.41) is 16.0. The lowest BCUT2D eigenvalue weighted by atomic mass is 10.1. The van der Waals surface area contributed by atoms with Crippen LogP contribution in [0.4, 0.5) is 0 Å². The van der Waals surface area contributed by atoms with Gasteiger partial charge in [-0.2, -0.15) is 8.42 Å². The fourth-order valence-electron chi connectivity index (χ4n) is 1.10. The molecule has 0 aliphatic carbocycles. The van der Waals surface area contributed by atoms with Crippen LogP contribution in [0.1, 0.15) is 15.9 Å². The number of amidine groups is 1. The second-order valence-electron chi connectivity index (χ2n) is 3.22. The monoisotopic (exact) mass is 258 g/mol. The number of benzene rings is 1. The lowest BCUT2D eigenvalue weighted by Gasteiger charge is -2.08. The smallest absolute Gasteiger partial charge is 0.339 e. The van der Waals surface area contributed by atoms with Crippen LogP contribution in [0.25, 0.3) is 0 Å². The lowest BCUT2D eigenvalue weighted by molar-refractivity contribution is 0.0695. The zero-order chi connectivity index (χ0) is 13.2. The number of rotatable bonds is 4. The quantitative estimate of drug-likeness (QED) is 0.396. The second kappa shape index (κ2) is 4.42. The number of carbonyl (C=O) groups is 1. The molecule has 0 unspecified atom stereocenters. The van der Waals surface area contributed by atoms with Crippen LogP contribution >= 0.6 is 0 Å². The first-order valence-electron chi connectivity index (χ1n) is 4.32. The van der Waals surface area contributed by atoms with Crippen molar-refractivity contribution < 1.29 is 22.5 Å². The van der Waals surface area contributed by atoms with E-state index in [1.807, 2.05) is 0 Å². The van der Waals surface area contributed by atoms with E-state index in [1.54, 1.807) is 0 Å². The van der Waals surface area contributed by atoms with Gasteiger partial charge in [-0.05, 0) is 18.2 Å². The maximum absolute atomic E-state index is 10.9. The molecule has 0 aromatic heterocycles. The topological polar surface area (TPSA) is 131 Å². The standard InChI is InChI=1S/C9H10N2O5S/c1-17(14,15)16-7-3-2-5(8(10)11)4-6(7)9(12)13/h2-4H,1H3,(H3,10,11)(H,12,13). The number of hydrogen-bond donors (Lipinski definition) is 3. The predicted molar refractivity (Wildman–Crippen MR) is 59.9 cm³/mol. The van der Waals surface area contributed by atoms with Crippen molar-refractivity contribution in [3.8, 4) is 5.75 Å². The van der Waals surface area contributed by atoms with Crippen molar-refractivity contribution in [2.24, 2.45) is 5.73 Å². The summed E-state index contributed by atoms with van der Waals surface area (Å²) in [6, 6.07) is 3.52. The van der Waals surface area contributed by atoms with Crippen molar-refractivity contribution in [1.29, 1.82) is 5.41 Å². The van der Waals surface area contributed by atoms with Gasteiger partial charge < -0.3 is 15.0 Å². The number of nitrogens with one attached hydrogen (secondary N) is 1. The highest BCUT2D eigenvalue weighted by molar-refractivity contribution is 7.86. The van der Waals surface area contributed by atoms with Crippen molar-refractivity contribution in [3.63, 3.8) is 0 Å². The van der Waals surface area contributed by atoms with E-state index in [0.717, 1.165) is 18.4 Å². The summed E-state index contributed by atoms with van der Waals surface area (Å²) in [5.74, 6) is -2.00. The Morgan fingerprint density at radius 1 is 1.47 bits per heavy atom. The van der Waals surface area contributed by atoms with Crippen LogP contribution in [-0.2, 0) is 10.1 Å². The van der Waals surface area contributed by atoms with E-state index < -0.39 is 16.1 Å². The molecule has 0 heterocycles. The molecule has 17 heavy (non-hydrogen) atoms. The molecule has 7 nitrogen and oxygen atoms in total. The molecule has 8 heteroatoms. The minimum atomic E-state index is -3.81. The molecule has 1 aromatic rings. The predicted octanol–water partition coefficient (Wildman–Crippen LogP) is 0.00727. The van der Waals surface area contributed by atoms with E-state index in [0.29, 0.717) is 0 Å². The van der Waals surface area contributed by atoms with Crippen LogP contribution in [0.2, 0.25) is 0 Å². The van der Waals surface area contributed by atoms with Crippen molar-refractivity contribution in [2.45, 2.75) is 0 Å². The summed E-state index contributed by atoms with van der Waals surface area (Å²) in [6.07, 6.45) is 0.803. The Bertz CT molecular complexity index is 579. The van der Waals surface area contributed by atoms with Gasteiger partial charge in [0.15, 0.2) is 5.75 Å². The Morgan fingerprint density at radius 3 is 2.47 bits per heavy atom. The van der Waals surface area contributed by atoms with Gasteiger partial charge in [-0.25, -0.2) is 4.79 Å². The van der Waals surface area contributed by atoms with Gasteiger partial charge in [-0.1, -0.05) is 0 Å². The first-order chi connectivity index (χ1) is 7.70. The molecule has 0 saturated carbocycles. The molecular formula is C9H10N2O5S. The minimum absolute atomic E-state index is 0.170. The maximum Gasteiger partial charge on any atom is 0.339 e. The molecule has 0 aliphatic heterocycles. The zero-order valence-electron chi connectivity index (χ0n) is 8.80. The number of aromatic carboxylic acids is 1. The molecule has 0 aliphatic rings. The maximum atomic E-state index is 10.9. The molecule has 4 N–H and O–H groups in total. The number of nitrogen functional groups attached to an aromatic ring is 1. The van der Waals surface area contributed by atoms with Crippen LogP contribution in [0.3, 0.4) is 0 Å². The van der Waals surface area contributed by atoms with E-state index >= 15 is 0 Å². The third-order valence-electron chi connectivity index (χ3n) is 1.76. The summed E-state index contributed by atoms with van der Waals surface area (Å²) in [6.45, 7) is 0. The SMILES string of the molecule is CS(=O)(=O)Oc1ccc(C(=N)N)cc1C(=O)O. The van der Waals surface area contributed by atoms with Gasteiger partial charge in [0, 0.05) is 5.56 Å². The molecule has 0 radical (unpaired) electrons. The number of hydrogen-bond acceptors (Lipinski definition) is 5. The van der Waals surface area contributed by atoms with Crippen LogP contribution in [0.5, 0.6) is 5.75 Å². The summed E-state index contributed by atoms with van der Waals surface area (Å²) in [5.41, 5.74) is 4.99. The lowest BCUT2D eigenvalue weighted by Crippen LogP contribution is -2.14. The van der Waals surface area contributed by atoms with E-state index in [1.165, 1.54) is 6.07 Å². The fourth-order valence-corrected chi connectivity index (χ4v) is 1.57. The second-order valence-corrected chi connectivity index (χ2v) is 4.79. The molecule has 0 saturated heterocycles. The van der Waals surface area contributed by atoms with E-state index in [-0.39, 0.29) is 22.7 Å². The first kappa shape index (κ1) is 13.0. The van der Waals surface area contributed by atoms with Crippen molar-refractivity contribution in [3.05, 3.63) is 29.3 Å². The molecule has 92 valence electrons. The highest BCUT2D eigenvalue weighted by atomic mass is 32.2. The largest absolute Gasteiger partial charge is 0.478 e. The van der Waals surface area contributed by atoms with Gasteiger partial charge in [0.05, 0.1) is 6.26 Å². The summed E-state index contributed by atoms with van der Waals surface area (Å²) >= 11 is 0. The zero-order valence-corrected chi connectivity index (χ0v) is 9.61. The van der Waals surface area contributed by atoms with E-state index in [2.05, 4.69) is 4.18 Å². The summed E-state index contributed by atoms with van der Waals surface area (Å²) in [4.78, 5) is 10.9. The highest BCUT2D eigenvalue weighted by Crippen LogP contribution is 2.21. The Balaban J connectivity index is 3.32. The molecule has 0 atom stereocenters. The molecule has 0 spiro atoms. The van der Waals surface area contributed by atoms with Gasteiger partial charge in [0.1, 0.15) is 11.4 Å². The summed E-state index contributed by atoms with van der Waals surface area (Å²) < 4.78 is 26.3. The van der Waals surface area contributed by atoms with Crippen LogP contribution in [-0.4, -0.2) is 31.6 Å². The van der Waals surface area contributed by atoms with Gasteiger partial charge in [-0.3, -0.25) is 5.41 Å². The molecule has 1 rings (SSSR count). The number of carboxylic acid groups (broad SMARTS) is 1. The molecular weight excluding hydrogens is 248 g/mol. The Kier molecular flexibility index (Phi) is 3.37. The van der Waals surface area contributed by atoms with Gasteiger partial charge >= 0.3 is 16.1 Å². The van der Waals surface area contributed by atoms with Crippen LogP contribution < -0.4 is 9.92 Å². The Hall–Kier alpha value is -2.09. The Labute approximate surface area is 97.5 Å².